The van der Waals surface area contributed by atoms with Crippen LogP contribution in [-0.4, -0.2) is 67.4 Å². The Morgan fingerprint density at radius 1 is 1.29 bits per heavy atom. The van der Waals surface area contributed by atoms with E-state index in [0.717, 1.165) is 12.8 Å². The van der Waals surface area contributed by atoms with Gasteiger partial charge in [-0.1, -0.05) is 13.8 Å². The SMILES string of the molecule is CC(C)CNC(=O)NC(=O)CN1CCC[C@@H]1C(=O)N(C)C. The second-order valence-corrected chi connectivity index (χ2v) is 6.01. The van der Waals surface area contributed by atoms with Crippen molar-refractivity contribution >= 4 is 17.8 Å². The van der Waals surface area contributed by atoms with E-state index in [0.29, 0.717) is 19.0 Å². The van der Waals surface area contributed by atoms with E-state index in [1.807, 2.05) is 18.7 Å². The molecule has 0 aromatic heterocycles. The summed E-state index contributed by atoms with van der Waals surface area (Å²) in [7, 11) is 3.41. The molecule has 120 valence electrons. The number of nitrogens with zero attached hydrogens (tertiary/aromatic N) is 2. The van der Waals surface area contributed by atoms with Crippen molar-refractivity contribution in [2.75, 3.05) is 33.7 Å². The van der Waals surface area contributed by atoms with Crippen molar-refractivity contribution in [1.29, 1.82) is 0 Å². The van der Waals surface area contributed by atoms with Gasteiger partial charge >= 0.3 is 6.03 Å². The molecule has 0 unspecified atom stereocenters. The zero-order valence-corrected chi connectivity index (χ0v) is 13.3. The molecule has 1 aliphatic rings. The first-order valence-corrected chi connectivity index (χ1v) is 7.34. The van der Waals surface area contributed by atoms with Crippen molar-refractivity contribution in [3.63, 3.8) is 0 Å². The Morgan fingerprint density at radius 3 is 2.52 bits per heavy atom. The molecule has 1 aliphatic heterocycles. The monoisotopic (exact) mass is 298 g/mol. The molecule has 21 heavy (non-hydrogen) atoms. The van der Waals surface area contributed by atoms with Gasteiger partial charge in [0.25, 0.3) is 0 Å². The van der Waals surface area contributed by atoms with Crippen LogP contribution in [0.4, 0.5) is 4.79 Å². The van der Waals surface area contributed by atoms with Crippen LogP contribution in [0.2, 0.25) is 0 Å². The summed E-state index contributed by atoms with van der Waals surface area (Å²) in [5.41, 5.74) is 0. The summed E-state index contributed by atoms with van der Waals surface area (Å²) >= 11 is 0. The maximum atomic E-state index is 12.0. The van der Waals surface area contributed by atoms with Crippen molar-refractivity contribution in [2.45, 2.75) is 32.7 Å². The van der Waals surface area contributed by atoms with E-state index >= 15 is 0 Å². The second kappa shape index (κ2) is 7.97. The van der Waals surface area contributed by atoms with Gasteiger partial charge in [0.05, 0.1) is 12.6 Å². The third kappa shape index (κ3) is 5.71. The highest BCUT2D eigenvalue weighted by Gasteiger charge is 2.32. The zero-order chi connectivity index (χ0) is 16.0. The molecule has 0 radical (unpaired) electrons. The van der Waals surface area contributed by atoms with Gasteiger partial charge in [-0.15, -0.1) is 0 Å². The van der Waals surface area contributed by atoms with Gasteiger partial charge < -0.3 is 10.2 Å². The van der Waals surface area contributed by atoms with Crippen LogP contribution in [0.15, 0.2) is 0 Å². The van der Waals surface area contributed by atoms with Crippen molar-refractivity contribution in [3.05, 3.63) is 0 Å². The average Bonchev–Trinajstić information content (AvgIpc) is 2.83. The molecule has 1 fully saturated rings. The van der Waals surface area contributed by atoms with Crippen LogP contribution in [0.3, 0.4) is 0 Å². The van der Waals surface area contributed by atoms with E-state index in [-0.39, 0.29) is 24.4 Å². The Hall–Kier alpha value is -1.63. The molecule has 1 rings (SSSR count). The molecule has 0 saturated carbocycles. The van der Waals surface area contributed by atoms with E-state index in [9.17, 15) is 14.4 Å². The van der Waals surface area contributed by atoms with E-state index in [1.165, 1.54) is 4.90 Å². The lowest BCUT2D eigenvalue weighted by Crippen LogP contribution is -2.49. The quantitative estimate of drug-likeness (QED) is 0.750. The molecule has 7 nitrogen and oxygen atoms in total. The van der Waals surface area contributed by atoms with E-state index in [1.54, 1.807) is 14.1 Å². The molecule has 0 bridgehead atoms. The Kier molecular flexibility index (Phi) is 6.61. The van der Waals surface area contributed by atoms with Gasteiger partial charge in [-0.25, -0.2) is 4.79 Å². The highest BCUT2D eigenvalue weighted by Crippen LogP contribution is 2.18. The summed E-state index contributed by atoms with van der Waals surface area (Å²) in [6.45, 7) is 5.24. The van der Waals surface area contributed by atoms with Crippen molar-refractivity contribution in [2.24, 2.45) is 5.92 Å². The summed E-state index contributed by atoms with van der Waals surface area (Å²) < 4.78 is 0. The molecule has 7 heteroatoms. The molecular formula is C14H26N4O3. The fourth-order valence-corrected chi connectivity index (χ4v) is 2.28. The first kappa shape index (κ1) is 17.4. The number of carbonyl (C=O) groups excluding carboxylic acids is 3. The van der Waals surface area contributed by atoms with Crippen LogP contribution in [0.1, 0.15) is 26.7 Å². The van der Waals surface area contributed by atoms with Gasteiger partial charge in [0, 0.05) is 20.6 Å². The summed E-state index contributed by atoms with van der Waals surface area (Å²) in [6.07, 6.45) is 1.64. The number of amides is 4. The van der Waals surface area contributed by atoms with Crippen LogP contribution in [0.5, 0.6) is 0 Å². The second-order valence-electron chi connectivity index (χ2n) is 6.01. The molecule has 1 heterocycles. The fourth-order valence-electron chi connectivity index (χ4n) is 2.28. The lowest BCUT2D eigenvalue weighted by molar-refractivity contribution is -0.134. The molecule has 0 aromatic rings. The maximum absolute atomic E-state index is 12.0. The summed E-state index contributed by atoms with van der Waals surface area (Å²) in [4.78, 5) is 38.7. The molecule has 0 spiro atoms. The van der Waals surface area contributed by atoms with E-state index in [2.05, 4.69) is 10.6 Å². The van der Waals surface area contributed by atoms with E-state index < -0.39 is 6.03 Å². The Bertz CT molecular complexity index is 396. The zero-order valence-electron chi connectivity index (χ0n) is 13.3. The number of hydrogen-bond donors (Lipinski definition) is 2. The normalized spacial score (nSPS) is 18.6. The summed E-state index contributed by atoms with van der Waals surface area (Å²) in [5.74, 6) is -0.0502. The van der Waals surface area contributed by atoms with Crippen LogP contribution < -0.4 is 10.6 Å². The molecule has 4 amide bonds. The number of urea groups is 1. The lowest BCUT2D eigenvalue weighted by atomic mass is 10.2. The third-order valence-electron chi connectivity index (χ3n) is 3.36. The number of likely N-dealkylation sites (tertiary alicyclic amines) is 1. The van der Waals surface area contributed by atoms with Crippen molar-refractivity contribution < 1.29 is 14.4 Å². The summed E-state index contributed by atoms with van der Waals surface area (Å²) in [6, 6.07) is -0.743. The molecule has 0 aliphatic carbocycles. The van der Waals surface area contributed by atoms with Crippen molar-refractivity contribution in [1.82, 2.24) is 20.4 Å². The van der Waals surface area contributed by atoms with Gasteiger partial charge in [0.2, 0.25) is 11.8 Å². The summed E-state index contributed by atoms with van der Waals surface area (Å²) in [5, 5.41) is 4.92. The third-order valence-corrected chi connectivity index (χ3v) is 3.36. The molecule has 2 N–H and O–H groups in total. The number of imide groups is 1. The number of nitrogens with one attached hydrogen (secondary N) is 2. The van der Waals surface area contributed by atoms with E-state index in [4.69, 9.17) is 0 Å². The van der Waals surface area contributed by atoms with Gasteiger partial charge in [0.15, 0.2) is 0 Å². The Morgan fingerprint density at radius 2 is 1.95 bits per heavy atom. The maximum Gasteiger partial charge on any atom is 0.321 e. The van der Waals surface area contributed by atoms with Gasteiger partial charge in [0.1, 0.15) is 0 Å². The largest absolute Gasteiger partial charge is 0.347 e. The Labute approximate surface area is 126 Å². The molecular weight excluding hydrogens is 272 g/mol. The first-order chi connectivity index (χ1) is 9.81. The van der Waals surface area contributed by atoms with Gasteiger partial charge in [-0.3, -0.25) is 19.8 Å². The smallest absolute Gasteiger partial charge is 0.321 e. The fraction of sp³-hybridized carbons (Fsp3) is 0.786. The van der Waals surface area contributed by atoms with Crippen molar-refractivity contribution in [3.8, 4) is 0 Å². The highest BCUT2D eigenvalue weighted by molar-refractivity contribution is 5.95. The lowest BCUT2D eigenvalue weighted by Gasteiger charge is -2.25. The minimum Gasteiger partial charge on any atom is -0.347 e. The first-order valence-electron chi connectivity index (χ1n) is 7.34. The van der Waals surface area contributed by atoms with Crippen LogP contribution in [-0.2, 0) is 9.59 Å². The number of likely N-dealkylation sites (N-methyl/N-ethyl adjacent to an activating group) is 1. The molecule has 1 saturated heterocycles. The standard InChI is InChI=1S/C14H26N4O3/c1-10(2)8-15-14(21)16-12(19)9-18-7-5-6-11(18)13(20)17(3)4/h10-11H,5-9H2,1-4H3,(H2,15,16,19,21)/t11-/m1/s1. The van der Waals surface area contributed by atoms with Gasteiger partial charge in [-0.2, -0.15) is 0 Å². The Balaban J connectivity index is 2.43. The van der Waals surface area contributed by atoms with Gasteiger partial charge in [-0.05, 0) is 25.3 Å². The predicted octanol–water partition coefficient (Wildman–Crippen LogP) is 0.0208. The number of carbonyl (C=O) groups is 3. The topological polar surface area (TPSA) is 81.8 Å². The van der Waals surface area contributed by atoms with Crippen LogP contribution in [0.25, 0.3) is 0 Å². The number of rotatable bonds is 5. The minimum absolute atomic E-state index is 0.00422. The van der Waals surface area contributed by atoms with Crippen LogP contribution >= 0.6 is 0 Å². The minimum atomic E-state index is -0.483. The predicted molar refractivity (Wildman–Crippen MR) is 79.7 cm³/mol. The molecule has 1 atom stereocenters. The number of hydrogen-bond acceptors (Lipinski definition) is 4. The highest BCUT2D eigenvalue weighted by atomic mass is 16.2. The molecule has 0 aromatic carbocycles. The average molecular weight is 298 g/mol. The van der Waals surface area contributed by atoms with Crippen LogP contribution in [0, 0.1) is 5.92 Å².